The fraction of sp³-hybridized carbons (Fsp3) is 0.600. The summed E-state index contributed by atoms with van der Waals surface area (Å²) in [4.78, 5) is 6.95. The van der Waals surface area contributed by atoms with Crippen LogP contribution >= 0.6 is 0 Å². The summed E-state index contributed by atoms with van der Waals surface area (Å²) in [6, 6.07) is 4.10. The minimum absolute atomic E-state index is 0.0179. The SMILES string of the molecule is Cn1ccnc1CCN1CCC(c2nnc3ccc(C(C)(C)C)nn23)CC1. The Morgan fingerprint density at radius 3 is 2.56 bits per heavy atom. The van der Waals surface area contributed by atoms with Crippen LogP contribution in [0.25, 0.3) is 5.65 Å². The van der Waals surface area contributed by atoms with E-state index in [9.17, 15) is 0 Å². The molecular formula is C20H29N7. The van der Waals surface area contributed by atoms with Crippen LogP contribution in [-0.4, -0.2) is 53.9 Å². The highest BCUT2D eigenvalue weighted by molar-refractivity contribution is 5.37. The predicted molar refractivity (Wildman–Crippen MR) is 105 cm³/mol. The fourth-order valence-electron chi connectivity index (χ4n) is 3.77. The Morgan fingerprint density at radius 2 is 1.89 bits per heavy atom. The van der Waals surface area contributed by atoms with Crippen LogP contribution in [-0.2, 0) is 18.9 Å². The molecule has 0 N–H and O–H groups in total. The van der Waals surface area contributed by atoms with E-state index < -0.39 is 0 Å². The van der Waals surface area contributed by atoms with Gasteiger partial charge in [-0.25, -0.2) is 4.98 Å². The van der Waals surface area contributed by atoms with E-state index in [1.165, 1.54) is 0 Å². The van der Waals surface area contributed by atoms with E-state index in [1.54, 1.807) is 0 Å². The molecule has 0 aliphatic carbocycles. The maximum Gasteiger partial charge on any atom is 0.177 e. The van der Waals surface area contributed by atoms with Crippen molar-refractivity contribution < 1.29 is 0 Å². The molecule has 3 aromatic heterocycles. The molecule has 0 unspecified atom stereocenters. The lowest BCUT2D eigenvalue weighted by Gasteiger charge is -2.31. The van der Waals surface area contributed by atoms with Gasteiger partial charge in [0.05, 0.1) is 5.69 Å². The highest BCUT2D eigenvalue weighted by Crippen LogP contribution is 2.28. The highest BCUT2D eigenvalue weighted by atomic mass is 15.4. The molecule has 4 heterocycles. The Morgan fingerprint density at radius 1 is 1.11 bits per heavy atom. The molecule has 0 atom stereocenters. The normalized spacial score (nSPS) is 17.0. The second-order valence-corrected chi connectivity index (χ2v) is 8.62. The number of hydrogen-bond acceptors (Lipinski definition) is 5. The van der Waals surface area contributed by atoms with Gasteiger partial charge in [0.2, 0.25) is 0 Å². The molecule has 7 nitrogen and oxygen atoms in total. The van der Waals surface area contributed by atoms with Crippen molar-refractivity contribution in [3.05, 3.63) is 41.9 Å². The van der Waals surface area contributed by atoms with Gasteiger partial charge in [-0.15, -0.1) is 10.2 Å². The van der Waals surface area contributed by atoms with Gasteiger partial charge >= 0.3 is 0 Å². The second-order valence-electron chi connectivity index (χ2n) is 8.62. The van der Waals surface area contributed by atoms with Crippen LogP contribution in [0.5, 0.6) is 0 Å². The molecule has 0 aromatic carbocycles. The molecule has 3 aromatic rings. The van der Waals surface area contributed by atoms with Crippen molar-refractivity contribution in [2.75, 3.05) is 19.6 Å². The topological polar surface area (TPSA) is 64.1 Å². The van der Waals surface area contributed by atoms with Crippen molar-refractivity contribution in [2.24, 2.45) is 7.05 Å². The summed E-state index contributed by atoms with van der Waals surface area (Å²) < 4.78 is 4.07. The average Bonchev–Trinajstić information content (AvgIpc) is 3.25. The predicted octanol–water partition coefficient (Wildman–Crippen LogP) is 2.58. The summed E-state index contributed by atoms with van der Waals surface area (Å²) in [6.07, 6.45) is 7.08. The first kappa shape index (κ1) is 18.1. The molecule has 0 amide bonds. The number of aryl methyl sites for hydroxylation is 1. The molecule has 0 saturated carbocycles. The van der Waals surface area contributed by atoms with Gasteiger partial charge in [-0.1, -0.05) is 20.8 Å². The Balaban J connectivity index is 1.43. The molecular weight excluding hydrogens is 338 g/mol. The van der Waals surface area contributed by atoms with E-state index in [-0.39, 0.29) is 5.41 Å². The van der Waals surface area contributed by atoms with Crippen molar-refractivity contribution in [1.82, 2.24) is 34.3 Å². The largest absolute Gasteiger partial charge is 0.338 e. The van der Waals surface area contributed by atoms with Gasteiger partial charge in [0.25, 0.3) is 0 Å². The lowest BCUT2D eigenvalue weighted by Crippen LogP contribution is -2.35. The molecule has 7 heteroatoms. The van der Waals surface area contributed by atoms with Gasteiger partial charge in [-0.3, -0.25) is 0 Å². The zero-order valence-corrected chi connectivity index (χ0v) is 16.8. The molecule has 1 aliphatic heterocycles. The number of imidazole rings is 1. The fourth-order valence-corrected chi connectivity index (χ4v) is 3.77. The van der Waals surface area contributed by atoms with E-state index in [4.69, 9.17) is 5.10 Å². The molecule has 0 radical (unpaired) electrons. The molecule has 0 spiro atoms. The van der Waals surface area contributed by atoms with Crippen LogP contribution in [0.2, 0.25) is 0 Å². The van der Waals surface area contributed by atoms with Crippen LogP contribution in [0, 0.1) is 0 Å². The third-order valence-corrected chi connectivity index (χ3v) is 5.58. The minimum Gasteiger partial charge on any atom is -0.338 e. The van der Waals surface area contributed by atoms with Gasteiger partial charge in [-0.2, -0.15) is 9.61 Å². The van der Waals surface area contributed by atoms with E-state index in [0.717, 1.165) is 61.9 Å². The lowest BCUT2D eigenvalue weighted by atomic mass is 9.92. The molecule has 4 rings (SSSR count). The zero-order valence-electron chi connectivity index (χ0n) is 16.8. The van der Waals surface area contributed by atoms with Crippen molar-refractivity contribution in [3.63, 3.8) is 0 Å². The first-order valence-electron chi connectivity index (χ1n) is 9.83. The summed E-state index contributed by atoms with van der Waals surface area (Å²) in [6.45, 7) is 9.79. The summed E-state index contributed by atoms with van der Waals surface area (Å²) >= 11 is 0. The van der Waals surface area contributed by atoms with Crippen LogP contribution in [0.15, 0.2) is 24.5 Å². The average molecular weight is 368 g/mol. The van der Waals surface area contributed by atoms with Gasteiger partial charge in [-0.05, 0) is 38.1 Å². The standard InChI is InChI=1S/C20H29N7/c1-20(2,3)16-5-6-18-22-23-19(27(18)24-16)15-7-11-26(12-8-15)13-9-17-21-10-14-25(17)4/h5-6,10,14-15H,7-9,11-13H2,1-4H3. The first-order chi connectivity index (χ1) is 12.9. The van der Waals surface area contributed by atoms with Gasteiger partial charge in [0, 0.05) is 43.7 Å². The van der Waals surface area contributed by atoms with Gasteiger partial charge in [0.15, 0.2) is 11.5 Å². The summed E-state index contributed by atoms with van der Waals surface area (Å²) in [5, 5.41) is 13.7. The Hall–Kier alpha value is -2.28. The number of hydrogen-bond donors (Lipinski definition) is 0. The monoisotopic (exact) mass is 367 g/mol. The first-order valence-corrected chi connectivity index (χ1v) is 9.83. The van der Waals surface area contributed by atoms with E-state index in [0.29, 0.717) is 5.92 Å². The third-order valence-electron chi connectivity index (χ3n) is 5.58. The quantitative estimate of drug-likeness (QED) is 0.709. The summed E-state index contributed by atoms with van der Waals surface area (Å²) in [5.41, 5.74) is 1.93. The zero-order chi connectivity index (χ0) is 19.0. The number of likely N-dealkylation sites (tertiary alicyclic amines) is 1. The number of nitrogens with zero attached hydrogens (tertiary/aromatic N) is 7. The summed E-state index contributed by atoms with van der Waals surface area (Å²) in [5.74, 6) is 2.59. The van der Waals surface area contributed by atoms with E-state index in [2.05, 4.69) is 58.5 Å². The molecule has 1 saturated heterocycles. The van der Waals surface area contributed by atoms with Crippen LogP contribution in [0.4, 0.5) is 0 Å². The van der Waals surface area contributed by atoms with Crippen molar-refractivity contribution in [3.8, 4) is 0 Å². The Labute approximate surface area is 160 Å². The molecule has 27 heavy (non-hydrogen) atoms. The van der Waals surface area contributed by atoms with Crippen LogP contribution in [0.1, 0.15) is 56.9 Å². The smallest absolute Gasteiger partial charge is 0.177 e. The minimum atomic E-state index is 0.0179. The summed E-state index contributed by atoms with van der Waals surface area (Å²) in [7, 11) is 2.06. The van der Waals surface area contributed by atoms with Gasteiger partial charge < -0.3 is 9.47 Å². The number of piperidine rings is 1. The maximum absolute atomic E-state index is 4.85. The molecule has 0 bridgehead atoms. The van der Waals surface area contributed by atoms with Crippen molar-refractivity contribution in [2.45, 2.75) is 51.4 Å². The van der Waals surface area contributed by atoms with E-state index >= 15 is 0 Å². The maximum atomic E-state index is 4.85. The van der Waals surface area contributed by atoms with E-state index in [1.807, 2.05) is 23.0 Å². The highest BCUT2D eigenvalue weighted by Gasteiger charge is 2.26. The van der Waals surface area contributed by atoms with Crippen molar-refractivity contribution in [1.29, 1.82) is 0 Å². The second kappa shape index (κ2) is 7.03. The van der Waals surface area contributed by atoms with Crippen LogP contribution in [0.3, 0.4) is 0 Å². The Kier molecular flexibility index (Phi) is 4.72. The Bertz CT molecular complexity index is 910. The third kappa shape index (κ3) is 3.74. The van der Waals surface area contributed by atoms with Gasteiger partial charge in [0.1, 0.15) is 5.82 Å². The molecule has 1 fully saturated rings. The van der Waals surface area contributed by atoms with Crippen molar-refractivity contribution >= 4 is 5.65 Å². The molecule has 1 aliphatic rings. The number of rotatable bonds is 4. The lowest BCUT2D eigenvalue weighted by molar-refractivity contribution is 0.209. The number of aromatic nitrogens is 6. The van der Waals surface area contributed by atoms with Crippen LogP contribution < -0.4 is 0 Å². The molecule has 144 valence electrons. The number of fused-ring (bicyclic) bond motifs is 1.